The molecule has 1 aliphatic carbocycles. The lowest BCUT2D eigenvalue weighted by atomic mass is 9.95. The Morgan fingerprint density at radius 1 is 1.00 bits per heavy atom. The van der Waals surface area contributed by atoms with Crippen LogP contribution < -0.4 is 5.32 Å². The predicted molar refractivity (Wildman–Crippen MR) is 142 cm³/mol. The molecule has 4 amide bonds. The van der Waals surface area contributed by atoms with Crippen LogP contribution in [0.5, 0.6) is 0 Å². The number of imide groups is 1. The third kappa shape index (κ3) is 6.21. The van der Waals surface area contributed by atoms with Crippen molar-refractivity contribution < 1.29 is 19.2 Å². The van der Waals surface area contributed by atoms with Gasteiger partial charge in [0.15, 0.2) is 0 Å². The molecule has 2 aromatic rings. The number of halogens is 1. The van der Waals surface area contributed by atoms with E-state index in [1.807, 2.05) is 25.1 Å². The summed E-state index contributed by atoms with van der Waals surface area (Å²) in [6.45, 7) is 2.25. The van der Waals surface area contributed by atoms with Crippen LogP contribution in [0.2, 0.25) is 5.02 Å². The molecule has 37 heavy (non-hydrogen) atoms. The summed E-state index contributed by atoms with van der Waals surface area (Å²) in [5, 5.41) is 3.70. The van der Waals surface area contributed by atoms with E-state index >= 15 is 0 Å². The molecule has 0 spiro atoms. The zero-order chi connectivity index (χ0) is 26.4. The summed E-state index contributed by atoms with van der Waals surface area (Å²) in [7, 11) is 0. The number of nitrogens with one attached hydrogen (secondary N) is 1. The Kier molecular flexibility index (Phi) is 8.98. The van der Waals surface area contributed by atoms with Crippen LogP contribution in [0.4, 0.5) is 0 Å². The molecule has 1 heterocycles. The van der Waals surface area contributed by atoms with Crippen molar-refractivity contribution in [1.82, 2.24) is 15.1 Å². The van der Waals surface area contributed by atoms with Gasteiger partial charge in [0.05, 0.1) is 11.1 Å². The van der Waals surface area contributed by atoms with Crippen LogP contribution in [-0.4, -0.2) is 52.1 Å². The summed E-state index contributed by atoms with van der Waals surface area (Å²) in [5.74, 6) is -1.02. The molecule has 1 N–H and O–H groups in total. The standard InChI is InChI=1S/C29H34ClN3O4/c1-2-25(27(35)31-21-12-4-3-5-13-21)33(19-20-11-6-9-16-24(20)30)26(34)17-10-18-32-28(36)22-14-7-8-15-23(22)29(32)37/h6-9,11,14-16,21,25H,2-5,10,12-13,17-19H2,1H3,(H,31,35)/t25-/m1/s1. The van der Waals surface area contributed by atoms with Gasteiger partial charge in [0, 0.05) is 30.6 Å². The number of amides is 4. The molecule has 1 saturated carbocycles. The first kappa shape index (κ1) is 26.9. The lowest BCUT2D eigenvalue weighted by Crippen LogP contribution is -2.51. The number of hydrogen-bond acceptors (Lipinski definition) is 4. The number of benzene rings is 2. The van der Waals surface area contributed by atoms with E-state index in [1.54, 1.807) is 35.2 Å². The normalized spacial score (nSPS) is 16.4. The third-order valence-electron chi connectivity index (χ3n) is 7.29. The van der Waals surface area contributed by atoms with E-state index < -0.39 is 6.04 Å². The molecule has 1 fully saturated rings. The summed E-state index contributed by atoms with van der Waals surface area (Å²) < 4.78 is 0. The van der Waals surface area contributed by atoms with Gasteiger partial charge in [-0.2, -0.15) is 0 Å². The Balaban J connectivity index is 1.45. The summed E-state index contributed by atoms with van der Waals surface area (Å²) in [6, 6.07) is 13.6. The Labute approximate surface area is 223 Å². The molecule has 0 saturated heterocycles. The number of rotatable bonds is 10. The van der Waals surface area contributed by atoms with Crippen LogP contribution in [0.1, 0.15) is 84.6 Å². The van der Waals surface area contributed by atoms with Gasteiger partial charge in [-0.3, -0.25) is 24.1 Å². The fourth-order valence-corrected chi connectivity index (χ4v) is 5.44. The van der Waals surface area contributed by atoms with Crippen LogP contribution in [0, 0.1) is 0 Å². The number of fused-ring (bicyclic) bond motifs is 1. The molecule has 0 aromatic heterocycles. The maximum atomic E-state index is 13.5. The molecule has 2 aromatic carbocycles. The first-order valence-corrected chi connectivity index (χ1v) is 13.6. The van der Waals surface area contributed by atoms with Crippen LogP contribution in [0.25, 0.3) is 0 Å². The van der Waals surface area contributed by atoms with Crippen molar-refractivity contribution in [3.05, 3.63) is 70.2 Å². The summed E-state index contributed by atoms with van der Waals surface area (Å²) in [5.41, 5.74) is 1.55. The zero-order valence-corrected chi connectivity index (χ0v) is 22.0. The molecule has 1 aliphatic heterocycles. The molecular formula is C29H34ClN3O4. The topological polar surface area (TPSA) is 86.8 Å². The van der Waals surface area contributed by atoms with Crippen LogP contribution in [0.3, 0.4) is 0 Å². The molecule has 1 atom stereocenters. The van der Waals surface area contributed by atoms with E-state index in [1.165, 1.54) is 11.3 Å². The average molecular weight is 524 g/mol. The fraction of sp³-hybridized carbons (Fsp3) is 0.448. The first-order valence-electron chi connectivity index (χ1n) is 13.2. The third-order valence-corrected chi connectivity index (χ3v) is 7.66. The van der Waals surface area contributed by atoms with Crippen LogP contribution in [-0.2, 0) is 16.1 Å². The SMILES string of the molecule is CC[C@H](C(=O)NC1CCCCC1)N(Cc1ccccc1Cl)C(=O)CCCN1C(=O)c2ccccc2C1=O. The second-order valence-electron chi connectivity index (χ2n) is 9.79. The second kappa shape index (κ2) is 12.4. The zero-order valence-electron chi connectivity index (χ0n) is 21.2. The van der Waals surface area contributed by atoms with E-state index in [4.69, 9.17) is 11.6 Å². The summed E-state index contributed by atoms with van der Waals surface area (Å²) in [6.07, 6.45) is 6.18. The molecule has 0 unspecified atom stereocenters. The van der Waals surface area contributed by atoms with Gasteiger partial charge in [-0.1, -0.05) is 68.1 Å². The highest BCUT2D eigenvalue weighted by Crippen LogP contribution is 2.24. The monoisotopic (exact) mass is 523 g/mol. The van der Waals surface area contributed by atoms with Gasteiger partial charge in [-0.15, -0.1) is 0 Å². The average Bonchev–Trinajstić information content (AvgIpc) is 3.15. The highest BCUT2D eigenvalue weighted by atomic mass is 35.5. The van der Waals surface area contributed by atoms with Gasteiger partial charge in [-0.25, -0.2) is 0 Å². The predicted octanol–water partition coefficient (Wildman–Crippen LogP) is 4.97. The van der Waals surface area contributed by atoms with Crippen molar-refractivity contribution in [2.75, 3.05) is 6.54 Å². The van der Waals surface area contributed by atoms with Crippen molar-refractivity contribution in [3.8, 4) is 0 Å². The van der Waals surface area contributed by atoms with Crippen molar-refractivity contribution in [2.45, 2.75) is 76.9 Å². The Morgan fingerprint density at radius 2 is 1.62 bits per heavy atom. The number of nitrogens with zero attached hydrogens (tertiary/aromatic N) is 2. The van der Waals surface area contributed by atoms with Gasteiger partial charge in [-0.05, 0) is 49.4 Å². The highest BCUT2D eigenvalue weighted by molar-refractivity contribution is 6.31. The van der Waals surface area contributed by atoms with Gasteiger partial charge in [0.1, 0.15) is 6.04 Å². The minimum Gasteiger partial charge on any atom is -0.352 e. The van der Waals surface area contributed by atoms with Gasteiger partial charge >= 0.3 is 0 Å². The molecule has 2 aliphatic rings. The molecule has 0 radical (unpaired) electrons. The second-order valence-corrected chi connectivity index (χ2v) is 10.2. The van der Waals surface area contributed by atoms with Gasteiger partial charge < -0.3 is 10.2 Å². The number of hydrogen-bond donors (Lipinski definition) is 1. The van der Waals surface area contributed by atoms with Gasteiger partial charge in [0.25, 0.3) is 11.8 Å². The molecule has 196 valence electrons. The van der Waals surface area contributed by atoms with E-state index in [9.17, 15) is 19.2 Å². The Morgan fingerprint density at radius 3 is 2.24 bits per heavy atom. The Hall–Kier alpha value is -3.19. The number of carbonyl (C=O) groups excluding carboxylic acids is 4. The van der Waals surface area contributed by atoms with Crippen molar-refractivity contribution in [2.24, 2.45) is 0 Å². The van der Waals surface area contributed by atoms with E-state index in [-0.39, 0.29) is 49.2 Å². The lowest BCUT2D eigenvalue weighted by Gasteiger charge is -2.33. The minimum absolute atomic E-state index is 0.102. The summed E-state index contributed by atoms with van der Waals surface area (Å²) >= 11 is 6.40. The lowest BCUT2D eigenvalue weighted by molar-refractivity contribution is -0.141. The van der Waals surface area contributed by atoms with Crippen LogP contribution >= 0.6 is 11.6 Å². The molecule has 4 rings (SSSR count). The highest BCUT2D eigenvalue weighted by Gasteiger charge is 2.35. The molecule has 8 heteroatoms. The smallest absolute Gasteiger partial charge is 0.261 e. The van der Waals surface area contributed by atoms with E-state index in [0.29, 0.717) is 29.0 Å². The maximum Gasteiger partial charge on any atom is 0.261 e. The fourth-order valence-electron chi connectivity index (χ4n) is 5.25. The molecular weight excluding hydrogens is 490 g/mol. The maximum absolute atomic E-state index is 13.5. The Bertz CT molecular complexity index is 1130. The van der Waals surface area contributed by atoms with Crippen molar-refractivity contribution in [1.29, 1.82) is 0 Å². The molecule has 7 nitrogen and oxygen atoms in total. The minimum atomic E-state index is -0.634. The van der Waals surface area contributed by atoms with Gasteiger partial charge in [0.2, 0.25) is 11.8 Å². The van der Waals surface area contributed by atoms with E-state index in [0.717, 1.165) is 31.2 Å². The number of carbonyl (C=O) groups is 4. The van der Waals surface area contributed by atoms with E-state index in [2.05, 4.69) is 5.32 Å². The van der Waals surface area contributed by atoms with Crippen molar-refractivity contribution in [3.63, 3.8) is 0 Å². The molecule has 0 bridgehead atoms. The summed E-state index contributed by atoms with van der Waals surface area (Å²) in [4.78, 5) is 55.0. The van der Waals surface area contributed by atoms with Crippen LogP contribution in [0.15, 0.2) is 48.5 Å². The quantitative estimate of drug-likeness (QED) is 0.445. The van der Waals surface area contributed by atoms with Crippen molar-refractivity contribution >= 4 is 35.2 Å². The largest absolute Gasteiger partial charge is 0.352 e. The first-order chi connectivity index (χ1) is 17.9.